The summed E-state index contributed by atoms with van der Waals surface area (Å²) in [6, 6.07) is 21.9. The van der Waals surface area contributed by atoms with Gasteiger partial charge in [0.1, 0.15) is 0 Å². The highest BCUT2D eigenvalue weighted by molar-refractivity contribution is 14.1. The third-order valence-electron chi connectivity index (χ3n) is 3.76. The Morgan fingerprint density at radius 1 is 0.500 bits per heavy atom. The van der Waals surface area contributed by atoms with Gasteiger partial charge in [-0.15, -0.1) is 0 Å². The summed E-state index contributed by atoms with van der Waals surface area (Å²) < 4.78 is 2.69. The van der Waals surface area contributed by atoms with Crippen LogP contribution < -0.4 is 0 Å². The van der Waals surface area contributed by atoms with Crippen molar-refractivity contribution >= 4 is 77.5 Å². The topological polar surface area (TPSA) is 0 Å². The molecule has 0 nitrogen and oxygen atoms in total. The largest absolute Gasteiger partial charge is 0.0616 e. The van der Waals surface area contributed by atoms with E-state index in [0.29, 0.717) is 0 Å². The quantitative estimate of drug-likeness (QED) is 0.203. The van der Waals surface area contributed by atoms with Crippen molar-refractivity contribution in [2.24, 2.45) is 0 Å². The normalized spacial score (nSPS) is 11.5. The molecule has 0 aliphatic rings. The molecule has 0 aromatic heterocycles. The van der Waals surface area contributed by atoms with E-state index in [0.717, 1.165) is 0 Å². The first-order chi connectivity index (χ1) is 9.75. The van der Waals surface area contributed by atoms with E-state index in [9.17, 15) is 0 Å². The average molecular weight is 480 g/mol. The van der Waals surface area contributed by atoms with Gasteiger partial charge in [0.05, 0.1) is 0 Å². The second kappa shape index (κ2) is 4.84. The average Bonchev–Trinajstić information content (AvgIpc) is 2.49. The fourth-order valence-electron chi connectivity index (χ4n) is 2.77. The SMILES string of the molecule is Ic1c2ccccc2cc2c(I)c3ccccc3cc12. The van der Waals surface area contributed by atoms with Gasteiger partial charge in [-0.1, -0.05) is 48.5 Å². The molecule has 96 valence electrons. The Kier molecular flexibility index (Phi) is 3.11. The fourth-order valence-corrected chi connectivity index (χ4v) is 4.64. The van der Waals surface area contributed by atoms with Gasteiger partial charge in [-0.2, -0.15) is 0 Å². The number of halogens is 2. The molecule has 0 unspecified atom stereocenters. The van der Waals surface area contributed by atoms with Crippen molar-refractivity contribution in [3.63, 3.8) is 0 Å². The summed E-state index contributed by atoms with van der Waals surface area (Å²) in [5.41, 5.74) is 0. The van der Waals surface area contributed by atoms with Crippen LogP contribution in [-0.4, -0.2) is 0 Å². The first-order valence-corrected chi connectivity index (χ1v) is 8.59. The molecule has 0 fully saturated rings. The molecule has 2 heteroatoms. The molecule has 0 saturated carbocycles. The molecule has 0 N–H and O–H groups in total. The van der Waals surface area contributed by atoms with Crippen LogP contribution in [-0.2, 0) is 0 Å². The lowest BCUT2D eigenvalue weighted by molar-refractivity contribution is 1.73. The molecule has 0 aliphatic carbocycles. The molecule has 20 heavy (non-hydrogen) atoms. The first kappa shape index (κ1) is 12.8. The van der Waals surface area contributed by atoms with E-state index in [2.05, 4.69) is 106 Å². The van der Waals surface area contributed by atoms with Gasteiger partial charge < -0.3 is 0 Å². The predicted molar refractivity (Wildman–Crippen MR) is 104 cm³/mol. The maximum Gasteiger partial charge on any atom is 0.0287 e. The lowest BCUT2D eigenvalue weighted by Gasteiger charge is -2.11. The van der Waals surface area contributed by atoms with Gasteiger partial charge in [-0.25, -0.2) is 0 Å². The van der Waals surface area contributed by atoms with E-state index in [1.165, 1.54) is 39.5 Å². The molecule has 0 saturated heterocycles. The minimum atomic E-state index is 1.32. The van der Waals surface area contributed by atoms with Crippen LogP contribution in [0.3, 0.4) is 0 Å². The number of benzene rings is 4. The Morgan fingerprint density at radius 2 is 0.900 bits per heavy atom. The van der Waals surface area contributed by atoms with Crippen LogP contribution in [0.25, 0.3) is 32.3 Å². The monoisotopic (exact) mass is 480 g/mol. The Labute approximate surface area is 144 Å². The summed E-state index contributed by atoms with van der Waals surface area (Å²) >= 11 is 4.96. The van der Waals surface area contributed by atoms with Gasteiger partial charge >= 0.3 is 0 Å². The van der Waals surface area contributed by atoms with Gasteiger partial charge in [-0.3, -0.25) is 0 Å². The molecule has 0 atom stereocenters. The van der Waals surface area contributed by atoms with E-state index in [-0.39, 0.29) is 0 Å². The summed E-state index contributed by atoms with van der Waals surface area (Å²) in [5, 5.41) is 8.02. The van der Waals surface area contributed by atoms with Crippen molar-refractivity contribution in [2.45, 2.75) is 0 Å². The number of fused-ring (bicyclic) bond motifs is 3. The zero-order valence-electron chi connectivity index (χ0n) is 10.5. The molecule has 0 radical (unpaired) electrons. The number of hydrogen-bond donors (Lipinski definition) is 0. The van der Waals surface area contributed by atoms with E-state index >= 15 is 0 Å². The minimum Gasteiger partial charge on any atom is -0.0616 e. The Balaban J connectivity index is 2.31. The van der Waals surface area contributed by atoms with E-state index in [1.807, 2.05) is 0 Å². The van der Waals surface area contributed by atoms with Gasteiger partial charge in [0.15, 0.2) is 0 Å². The highest BCUT2D eigenvalue weighted by atomic mass is 127. The highest BCUT2D eigenvalue weighted by Gasteiger charge is 2.10. The molecule has 0 spiro atoms. The van der Waals surface area contributed by atoms with Gasteiger partial charge in [0, 0.05) is 7.14 Å². The molecular weight excluding hydrogens is 470 g/mol. The molecule has 0 amide bonds. The van der Waals surface area contributed by atoms with Crippen molar-refractivity contribution in [2.75, 3.05) is 0 Å². The van der Waals surface area contributed by atoms with Crippen LogP contribution in [0.4, 0.5) is 0 Å². The highest BCUT2D eigenvalue weighted by Crippen LogP contribution is 2.36. The zero-order chi connectivity index (χ0) is 13.7. The molecule has 0 heterocycles. The molecule has 0 aliphatic heterocycles. The van der Waals surface area contributed by atoms with E-state index < -0.39 is 0 Å². The number of rotatable bonds is 0. The lowest BCUT2D eigenvalue weighted by Crippen LogP contribution is -1.87. The van der Waals surface area contributed by atoms with Crippen LogP contribution in [0.15, 0.2) is 60.7 Å². The lowest BCUT2D eigenvalue weighted by atomic mass is 10.00. The summed E-state index contributed by atoms with van der Waals surface area (Å²) in [6.07, 6.45) is 0. The molecule has 0 bridgehead atoms. The van der Waals surface area contributed by atoms with Crippen LogP contribution in [0.2, 0.25) is 0 Å². The first-order valence-electron chi connectivity index (χ1n) is 6.44. The van der Waals surface area contributed by atoms with E-state index in [1.54, 1.807) is 0 Å². The summed E-state index contributed by atoms with van der Waals surface area (Å²) in [6.45, 7) is 0. The molecule has 4 aromatic rings. The Bertz CT molecular complexity index is 890. The van der Waals surface area contributed by atoms with Crippen LogP contribution in [0, 0.1) is 7.14 Å². The number of hydrogen-bond acceptors (Lipinski definition) is 0. The van der Waals surface area contributed by atoms with Crippen molar-refractivity contribution in [1.29, 1.82) is 0 Å². The maximum absolute atomic E-state index is 2.48. The van der Waals surface area contributed by atoms with Crippen molar-refractivity contribution in [3.05, 3.63) is 67.8 Å². The Morgan fingerprint density at radius 3 is 1.35 bits per heavy atom. The third kappa shape index (κ3) is 1.84. The van der Waals surface area contributed by atoms with Crippen LogP contribution >= 0.6 is 45.2 Å². The fraction of sp³-hybridized carbons (Fsp3) is 0. The smallest absolute Gasteiger partial charge is 0.0287 e. The van der Waals surface area contributed by atoms with Crippen molar-refractivity contribution < 1.29 is 0 Å². The minimum absolute atomic E-state index is 1.32. The predicted octanol–water partition coefficient (Wildman–Crippen LogP) is 6.36. The summed E-state index contributed by atoms with van der Waals surface area (Å²) in [5.74, 6) is 0. The Hall–Kier alpha value is -0.880. The van der Waals surface area contributed by atoms with Crippen molar-refractivity contribution in [1.82, 2.24) is 0 Å². The van der Waals surface area contributed by atoms with Crippen molar-refractivity contribution in [3.8, 4) is 0 Å². The second-order valence-electron chi connectivity index (χ2n) is 4.92. The zero-order valence-corrected chi connectivity index (χ0v) is 14.8. The third-order valence-corrected chi connectivity index (χ3v) is 6.08. The second-order valence-corrected chi connectivity index (χ2v) is 7.08. The molecule has 4 rings (SSSR count). The van der Waals surface area contributed by atoms with E-state index in [4.69, 9.17) is 0 Å². The standard InChI is InChI=1S/C18H10I2/c19-17-13-7-3-1-5-11(13)9-15-16(17)10-12-6-2-4-8-14(12)18(15)20/h1-10H. The van der Waals surface area contributed by atoms with Crippen LogP contribution in [0.5, 0.6) is 0 Å². The maximum atomic E-state index is 2.48. The molecule has 4 aromatic carbocycles. The van der Waals surface area contributed by atoms with Gasteiger partial charge in [0.25, 0.3) is 0 Å². The summed E-state index contributed by atoms with van der Waals surface area (Å²) in [4.78, 5) is 0. The van der Waals surface area contributed by atoms with Gasteiger partial charge in [-0.05, 0) is 89.6 Å². The summed E-state index contributed by atoms with van der Waals surface area (Å²) in [7, 11) is 0. The van der Waals surface area contributed by atoms with Crippen LogP contribution in [0.1, 0.15) is 0 Å². The molecular formula is C18H10I2. The van der Waals surface area contributed by atoms with Gasteiger partial charge in [0.2, 0.25) is 0 Å².